The molecule has 2 aromatic rings. The van der Waals surface area contributed by atoms with Gasteiger partial charge < -0.3 is 14.8 Å². The molecular formula is C19H24N2O5S. The highest BCUT2D eigenvalue weighted by atomic mass is 32.2. The van der Waals surface area contributed by atoms with E-state index < -0.39 is 10.0 Å². The molecule has 0 atom stereocenters. The Balaban J connectivity index is 2.09. The first-order valence-electron chi connectivity index (χ1n) is 8.39. The summed E-state index contributed by atoms with van der Waals surface area (Å²) in [4.78, 5) is 12.5. The van der Waals surface area contributed by atoms with Crippen molar-refractivity contribution in [2.45, 2.75) is 31.3 Å². The Morgan fingerprint density at radius 1 is 1.04 bits per heavy atom. The molecule has 1 amide bonds. The van der Waals surface area contributed by atoms with Crippen LogP contribution in [-0.2, 0) is 16.6 Å². The highest BCUT2D eigenvalue weighted by molar-refractivity contribution is 7.89. The molecule has 2 N–H and O–H groups in total. The fourth-order valence-electron chi connectivity index (χ4n) is 2.53. The number of amides is 1. The Hall–Kier alpha value is -2.58. The highest BCUT2D eigenvalue weighted by Gasteiger charge is 2.16. The Bertz CT molecular complexity index is 893. The van der Waals surface area contributed by atoms with Crippen LogP contribution in [0, 0.1) is 0 Å². The third kappa shape index (κ3) is 5.21. The molecule has 0 saturated heterocycles. The van der Waals surface area contributed by atoms with Crippen molar-refractivity contribution in [2.75, 3.05) is 14.2 Å². The second kappa shape index (κ2) is 8.88. The second-order valence-corrected chi connectivity index (χ2v) is 7.85. The molecule has 0 heterocycles. The monoisotopic (exact) mass is 392 g/mol. The summed E-state index contributed by atoms with van der Waals surface area (Å²) < 4.78 is 37.3. The molecular weight excluding hydrogens is 368 g/mol. The van der Waals surface area contributed by atoms with Crippen LogP contribution >= 0.6 is 0 Å². The predicted molar refractivity (Wildman–Crippen MR) is 103 cm³/mol. The average molecular weight is 392 g/mol. The van der Waals surface area contributed by atoms with E-state index in [4.69, 9.17) is 9.47 Å². The first-order chi connectivity index (χ1) is 12.8. The molecule has 2 aromatic carbocycles. The molecule has 0 radical (unpaired) electrons. The van der Waals surface area contributed by atoms with Crippen LogP contribution in [0.3, 0.4) is 0 Å². The van der Waals surface area contributed by atoms with Gasteiger partial charge in [0.05, 0.1) is 19.1 Å². The van der Waals surface area contributed by atoms with Crippen molar-refractivity contribution in [1.82, 2.24) is 10.0 Å². The van der Waals surface area contributed by atoms with E-state index in [2.05, 4.69) is 10.0 Å². The largest absolute Gasteiger partial charge is 0.493 e. The van der Waals surface area contributed by atoms with E-state index in [9.17, 15) is 13.2 Å². The van der Waals surface area contributed by atoms with E-state index in [1.54, 1.807) is 27.0 Å². The summed E-state index contributed by atoms with van der Waals surface area (Å²) in [5, 5.41) is 2.79. The quantitative estimate of drug-likeness (QED) is 0.719. The number of rotatable bonds is 8. The summed E-state index contributed by atoms with van der Waals surface area (Å²) >= 11 is 0. The lowest BCUT2D eigenvalue weighted by Gasteiger charge is -2.13. The lowest BCUT2D eigenvalue weighted by atomic mass is 10.1. The van der Waals surface area contributed by atoms with Gasteiger partial charge in [-0.05, 0) is 44.2 Å². The number of carbonyl (C=O) groups excluding carboxylic acids is 1. The summed E-state index contributed by atoms with van der Waals surface area (Å²) in [6, 6.07) is 11.0. The predicted octanol–water partition coefficient (Wildman–Crippen LogP) is 2.32. The number of nitrogens with one attached hydrogen (secondary N) is 2. The minimum atomic E-state index is -3.59. The number of carbonyl (C=O) groups is 1. The number of benzene rings is 2. The first kappa shape index (κ1) is 20.7. The van der Waals surface area contributed by atoms with Crippen molar-refractivity contribution < 1.29 is 22.7 Å². The summed E-state index contributed by atoms with van der Waals surface area (Å²) in [5.41, 5.74) is 1.13. The van der Waals surface area contributed by atoms with Crippen LogP contribution in [0.5, 0.6) is 11.5 Å². The molecule has 8 heteroatoms. The highest BCUT2D eigenvalue weighted by Crippen LogP contribution is 2.30. The SMILES string of the molecule is COc1cccc(CNC(=O)c2ccc(S(=O)(=O)NC(C)C)cc2)c1OC. The number of para-hydroxylation sites is 1. The molecule has 0 bridgehead atoms. The Labute approximate surface area is 159 Å². The van der Waals surface area contributed by atoms with Crippen LogP contribution in [-0.4, -0.2) is 34.6 Å². The molecule has 0 aliphatic heterocycles. The zero-order valence-corrected chi connectivity index (χ0v) is 16.6. The lowest BCUT2D eigenvalue weighted by molar-refractivity contribution is 0.0950. The Kier molecular flexibility index (Phi) is 6.81. The van der Waals surface area contributed by atoms with Crippen LogP contribution in [0.4, 0.5) is 0 Å². The number of ether oxygens (including phenoxy) is 2. The van der Waals surface area contributed by atoms with Gasteiger partial charge in [-0.2, -0.15) is 0 Å². The van der Waals surface area contributed by atoms with Gasteiger partial charge in [0, 0.05) is 23.7 Å². The van der Waals surface area contributed by atoms with Gasteiger partial charge in [0.1, 0.15) is 0 Å². The average Bonchev–Trinajstić information content (AvgIpc) is 2.64. The van der Waals surface area contributed by atoms with Gasteiger partial charge in [-0.15, -0.1) is 0 Å². The zero-order chi connectivity index (χ0) is 20.0. The standard InChI is InChI=1S/C19H24N2O5S/c1-13(2)21-27(23,24)16-10-8-14(9-11-16)19(22)20-12-15-6-5-7-17(25-3)18(15)26-4/h5-11,13,21H,12H2,1-4H3,(H,20,22). The summed E-state index contributed by atoms with van der Waals surface area (Å²) in [6.45, 7) is 3.73. The fourth-order valence-corrected chi connectivity index (χ4v) is 3.79. The van der Waals surface area contributed by atoms with Crippen LogP contribution < -0.4 is 19.5 Å². The van der Waals surface area contributed by atoms with Crippen molar-refractivity contribution in [3.05, 3.63) is 53.6 Å². The van der Waals surface area contributed by atoms with Gasteiger partial charge >= 0.3 is 0 Å². The number of hydrogen-bond acceptors (Lipinski definition) is 5. The third-order valence-corrected chi connectivity index (χ3v) is 5.42. The van der Waals surface area contributed by atoms with Crippen LogP contribution in [0.2, 0.25) is 0 Å². The van der Waals surface area contributed by atoms with Gasteiger partial charge in [0.25, 0.3) is 5.91 Å². The smallest absolute Gasteiger partial charge is 0.251 e. The van der Waals surface area contributed by atoms with E-state index in [0.717, 1.165) is 5.56 Å². The minimum absolute atomic E-state index is 0.113. The van der Waals surface area contributed by atoms with Crippen molar-refractivity contribution >= 4 is 15.9 Å². The molecule has 0 aromatic heterocycles. The third-order valence-electron chi connectivity index (χ3n) is 3.74. The summed E-state index contributed by atoms with van der Waals surface area (Å²) in [6.07, 6.45) is 0. The maximum absolute atomic E-state index is 12.4. The van der Waals surface area contributed by atoms with Crippen molar-refractivity contribution in [1.29, 1.82) is 0 Å². The lowest BCUT2D eigenvalue weighted by Crippen LogP contribution is -2.30. The van der Waals surface area contributed by atoms with Gasteiger partial charge in [-0.1, -0.05) is 12.1 Å². The van der Waals surface area contributed by atoms with Gasteiger partial charge in [0.2, 0.25) is 10.0 Å². The van der Waals surface area contributed by atoms with E-state index in [1.807, 2.05) is 12.1 Å². The maximum Gasteiger partial charge on any atom is 0.251 e. The summed E-state index contributed by atoms with van der Waals surface area (Å²) in [5.74, 6) is 0.818. The van der Waals surface area contributed by atoms with E-state index in [0.29, 0.717) is 17.1 Å². The molecule has 27 heavy (non-hydrogen) atoms. The number of methoxy groups -OCH3 is 2. The molecule has 0 aliphatic carbocycles. The maximum atomic E-state index is 12.4. The molecule has 0 unspecified atom stereocenters. The van der Waals surface area contributed by atoms with Crippen molar-refractivity contribution in [3.8, 4) is 11.5 Å². The Morgan fingerprint density at radius 2 is 1.70 bits per heavy atom. The molecule has 0 saturated carbocycles. The van der Waals surface area contributed by atoms with Crippen molar-refractivity contribution in [2.24, 2.45) is 0 Å². The fraction of sp³-hybridized carbons (Fsp3) is 0.316. The molecule has 2 rings (SSSR count). The molecule has 0 fully saturated rings. The molecule has 7 nitrogen and oxygen atoms in total. The van der Waals surface area contributed by atoms with Gasteiger partial charge in [0.15, 0.2) is 11.5 Å². The van der Waals surface area contributed by atoms with Crippen LogP contribution in [0.15, 0.2) is 47.4 Å². The molecule has 0 spiro atoms. The van der Waals surface area contributed by atoms with E-state index in [-0.39, 0.29) is 23.4 Å². The zero-order valence-electron chi connectivity index (χ0n) is 15.8. The topological polar surface area (TPSA) is 93.7 Å². The summed E-state index contributed by atoms with van der Waals surface area (Å²) in [7, 11) is -0.505. The Morgan fingerprint density at radius 3 is 2.26 bits per heavy atom. The second-order valence-electron chi connectivity index (χ2n) is 6.14. The van der Waals surface area contributed by atoms with Gasteiger partial charge in [-0.3, -0.25) is 4.79 Å². The van der Waals surface area contributed by atoms with Gasteiger partial charge in [-0.25, -0.2) is 13.1 Å². The van der Waals surface area contributed by atoms with Crippen molar-refractivity contribution in [3.63, 3.8) is 0 Å². The molecule has 146 valence electrons. The molecule has 0 aliphatic rings. The minimum Gasteiger partial charge on any atom is -0.493 e. The number of hydrogen-bond donors (Lipinski definition) is 2. The van der Waals surface area contributed by atoms with Crippen LogP contribution in [0.1, 0.15) is 29.8 Å². The number of sulfonamides is 1. The first-order valence-corrected chi connectivity index (χ1v) is 9.87. The van der Waals surface area contributed by atoms with Crippen LogP contribution in [0.25, 0.3) is 0 Å². The normalized spacial score (nSPS) is 11.3. The van der Waals surface area contributed by atoms with E-state index in [1.165, 1.54) is 31.4 Å². The van der Waals surface area contributed by atoms with E-state index >= 15 is 0 Å².